The summed E-state index contributed by atoms with van der Waals surface area (Å²) in [7, 11) is 0. The van der Waals surface area contributed by atoms with E-state index in [0.717, 1.165) is 12.0 Å². The Labute approximate surface area is 94.8 Å². The number of hydrogen-bond donors (Lipinski definition) is 0. The number of hydrogen-bond acceptors (Lipinski definition) is 1. The Hall–Kier alpha value is -1.46. The second-order valence-corrected chi connectivity index (χ2v) is 3.44. The maximum absolute atomic E-state index is 11.0. The Bertz CT molecular complexity index is 356. The fourth-order valence-electron chi connectivity index (χ4n) is 1.25. The lowest BCUT2D eigenvalue weighted by atomic mass is 10.1. The summed E-state index contributed by atoms with van der Waals surface area (Å²) in [6.07, 6.45) is 5.90. The van der Waals surface area contributed by atoms with E-state index in [0.29, 0.717) is 6.54 Å². The van der Waals surface area contributed by atoms with Crippen LogP contribution in [-0.4, -0.2) is 23.4 Å². The predicted molar refractivity (Wildman–Crippen MR) is 61.8 cm³/mol. The maximum atomic E-state index is 11.0. The molecule has 1 aromatic carbocycles. The summed E-state index contributed by atoms with van der Waals surface area (Å²) >= 11 is 5.38. The minimum atomic E-state index is -0.496. The molecule has 15 heavy (non-hydrogen) atoms. The van der Waals surface area contributed by atoms with E-state index in [9.17, 15) is 4.79 Å². The van der Waals surface area contributed by atoms with Crippen molar-refractivity contribution in [2.45, 2.75) is 6.42 Å². The van der Waals surface area contributed by atoms with Crippen molar-refractivity contribution in [3.63, 3.8) is 0 Å². The Kier molecular flexibility index (Phi) is 4.73. The molecule has 0 saturated carbocycles. The van der Waals surface area contributed by atoms with Gasteiger partial charge >= 0.3 is 5.37 Å². The highest BCUT2D eigenvalue weighted by Gasteiger charge is 2.08. The van der Waals surface area contributed by atoms with E-state index in [1.807, 2.05) is 30.3 Å². The van der Waals surface area contributed by atoms with Gasteiger partial charge in [-0.15, -0.1) is 6.42 Å². The molecule has 0 aliphatic heterocycles. The van der Waals surface area contributed by atoms with Crippen LogP contribution >= 0.6 is 11.6 Å². The number of carbonyl (C=O) groups excluding carboxylic acids is 1. The molecule has 0 aliphatic carbocycles. The van der Waals surface area contributed by atoms with Crippen molar-refractivity contribution in [3.8, 4) is 12.3 Å². The molecule has 0 bridgehead atoms. The smallest absolute Gasteiger partial charge is 0.317 e. The van der Waals surface area contributed by atoms with Crippen LogP contribution in [0.3, 0.4) is 0 Å². The molecule has 0 unspecified atom stereocenters. The van der Waals surface area contributed by atoms with Gasteiger partial charge in [0.15, 0.2) is 0 Å². The number of nitrogens with zero attached hydrogens (tertiary/aromatic N) is 1. The number of carbonyl (C=O) groups is 1. The fraction of sp³-hybridized carbons (Fsp3) is 0.250. The third kappa shape index (κ3) is 4.05. The fourth-order valence-corrected chi connectivity index (χ4v) is 1.39. The minimum Gasteiger partial charge on any atom is -0.318 e. The van der Waals surface area contributed by atoms with Gasteiger partial charge in [-0.1, -0.05) is 36.3 Å². The van der Waals surface area contributed by atoms with Crippen molar-refractivity contribution in [2.24, 2.45) is 0 Å². The van der Waals surface area contributed by atoms with Gasteiger partial charge < -0.3 is 4.90 Å². The quantitative estimate of drug-likeness (QED) is 0.435. The van der Waals surface area contributed by atoms with Crippen molar-refractivity contribution in [1.29, 1.82) is 0 Å². The van der Waals surface area contributed by atoms with E-state index in [-0.39, 0.29) is 6.54 Å². The highest BCUT2D eigenvalue weighted by molar-refractivity contribution is 6.62. The van der Waals surface area contributed by atoms with Gasteiger partial charge in [-0.05, 0) is 23.6 Å². The number of halogens is 1. The van der Waals surface area contributed by atoms with Crippen LogP contribution < -0.4 is 0 Å². The summed E-state index contributed by atoms with van der Waals surface area (Å²) in [4.78, 5) is 12.4. The average Bonchev–Trinajstić information content (AvgIpc) is 2.25. The van der Waals surface area contributed by atoms with Gasteiger partial charge in [0, 0.05) is 6.54 Å². The number of benzene rings is 1. The Morgan fingerprint density at radius 2 is 2.07 bits per heavy atom. The molecule has 0 spiro atoms. The van der Waals surface area contributed by atoms with Crippen LogP contribution in [0.2, 0.25) is 0 Å². The molecular formula is C12H12ClNO. The molecular weight excluding hydrogens is 210 g/mol. The van der Waals surface area contributed by atoms with E-state index in [1.54, 1.807) is 0 Å². The molecule has 0 atom stereocenters. The molecule has 1 rings (SSSR count). The van der Waals surface area contributed by atoms with E-state index < -0.39 is 5.37 Å². The molecule has 1 aromatic rings. The molecule has 0 fully saturated rings. The first-order chi connectivity index (χ1) is 7.24. The SMILES string of the molecule is C#CCN(CCc1ccccc1)C(=O)Cl. The van der Waals surface area contributed by atoms with Crippen LogP contribution in [0.1, 0.15) is 5.56 Å². The Morgan fingerprint density at radius 1 is 1.40 bits per heavy atom. The Balaban J connectivity index is 2.48. The number of terminal acetylenes is 1. The summed E-state index contributed by atoms with van der Waals surface area (Å²) < 4.78 is 0. The van der Waals surface area contributed by atoms with Crippen LogP contribution in [0.5, 0.6) is 0 Å². The predicted octanol–water partition coefficient (Wildman–Crippen LogP) is 2.52. The van der Waals surface area contributed by atoms with Crippen molar-refractivity contribution in [2.75, 3.05) is 13.1 Å². The van der Waals surface area contributed by atoms with Crippen molar-refractivity contribution < 1.29 is 4.79 Å². The Morgan fingerprint density at radius 3 is 2.60 bits per heavy atom. The molecule has 0 aliphatic rings. The molecule has 3 heteroatoms. The summed E-state index contributed by atoms with van der Waals surface area (Å²) in [6.45, 7) is 0.811. The van der Waals surface area contributed by atoms with Gasteiger partial charge in [0.1, 0.15) is 0 Å². The van der Waals surface area contributed by atoms with Gasteiger partial charge in [0.2, 0.25) is 0 Å². The summed E-state index contributed by atoms with van der Waals surface area (Å²) in [5.74, 6) is 2.41. The zero-order chi connectivity index (χ0) is 11.1. The first-order valence-electron chi connectivity index (χ1n) is 4.66. The summed E-state index contributed by atoms with van der Waals surface area (Å²) in [6, 6.07) is 9.89. The van der Waals surface area contributed by atoms with Gasteiger partial charge in [0.25, 0.3) is 0 Å². The molecule has 78 valence electrons. The normalized spacial score (nSPS) is 9.33. The maximum Gasteiger partial charge on any atom is 0.317 e. The average molecular weight is 222 g/mol. The van der Waals surface area contributed by atoms with Crippen molar-refractivity contribution in [1.82, 2.24) is 4.90 Å². The van der Waals surface area contributed by atoms with Gasteiger partial charge in [0.05, 0.1) is 6.54 Å². The van der Waals surface area contributed by atoms with Crippen molar-refractivity contribution in [3.05, 3.63) is 35.9 Å². The lowest BCUT2D eigenvalue weighted by Gasteiger charge is -2.16. The van der Waals surface area contributed by atoms with Crippen LogP contribution in [-0.2, 0) is 6.42 Å². The zero-order valence-corrected chi connectivity index (χ0v) is 9.07. The lowest BCUT2D eigenvalue weighted by molar-refractivity contribution is 0.228. The molecule has 0 heterocycles. The second-order valence-electron chi connectivity index (χ2n) is 3.11. The third-order valence-corrected chi connectivity index (χ3v) is 2.28. The second kappa shape index (κ2) is 6.10. The lowest BCUT2D eigenvalue weighted by Crippen LogP contribution is -2.28. The largest absolute Gasteiger partial charge is 0.318 e. The van der Waals surface area contributed by atoms with Gasteiger partial charge in [-0.2, -0.15) is 0 Å². The zero-order valence-electron chi connectivity index (χ0n) is 8.32. The third-order valence-electron chi connectivity index (χ3n) is 2.04. The van der Waals surface area contributed by atoms with E-state index in [1.165, 1.54) is 4.90 Å². The van der Waals surface area contributed by atoms with Crippen molar-refractivity contribution >= 4 is 17.0 Å². The standard InChI is InChI=1S/C12H12ClNO/c1-2-9-14(12(13)15)10-8-11-6-4-3-5-7-11/h1,3-7H,8-10H2. The molecule has 2 nitrogen and oxygen atoms in total. The highest BCUT2D eigenvalue weighted by Crippen LogP contribution is 2.03. The van der Waals surface area contributed by atoms with Crippen LogP contribution in [0.25, 0.3) is 0 Å². The molecule has 1 amide bonds. The van der Waals surface area contributed by atoms with E-state index in [2.05, 4.69) is 5.92 Å². The number of amides is 1. The molecule has 0 saturated heterocycles. The first-order valence-corrected chi connectivity index (χ1v) is 5.03. The van der Waals surface area contributed by atoms with E-state index >= 15 is 0 Å². The van der Waals surface area contributed by atoms with Crippen LogP contribution in [0.4, 0.5) is 4.79 Å². The molecule has 0 aromatic heterocycles. The monoisotopic (exact) mass is 221 g/mol. The minimum absolute atomic E-state index is 0.259. The number of rotatable bonds is 4. The summed E-state index contributed by atoms with van der Waals surface area (Å²) in [5, 5.41) is -0.496. The van der Waals surface area contributed by atoms with Gasteiger partial charge in [-0.3, -0.25) is 4.79 Å². The van der Waals surface area contributed by atoms with Crippen LogP contribution in [0.15, 0.2) is 30.3 Å². The highest BCUT2D eigenvalue weighted by atomic mass is 35.5. The van der Waals surface area contributed by atoms with Gasteiger partial charge in [-0.25, -0.2) is 0 Å². The van der Waals surface area contributed by atoms with Crippen LogP contribution in [0, 0.1) is 12.3 Å². The first kappa shape index (κ1) is 11.6. The summed E-state index contributed by atoms with van der Waals surface area (Å²) in [5.41, 5.74) is 1.16. The van der Waals surface area contributed by atoms with E-state index in [4.69, 9.17) is 18.0 Å². The molecule has 0 N–H and O–H groups in total. The molecule has 0 radical (unpaired) electrons. The topological polar surface area (TPSA) is 20.3 Å².